The fourth-order valence-electron chi connectivity index (χ4n) is 3.17. The van der Waals surface area contributed by atoms with Crippen LogP contribution in [0.15, 0.2) is 24.3 Å². The molecule has 7 nitrogen and oxygen atoms in total. The van der Waals surface area contributed by atoms with Gasteiger partial charge < -0.3 is 9.47 Å². The maximum absolute atomic E-state index is 5.82. The Labute approximate surface area is 156 Å². The highest BCUT2D eigenvalue weighted by Crippen LogP contribution is 2.21. The number of rotatable bonds is 6. The van der Waals surface area contributed by atoms with E-state index in [0.717, 1.165) is 46.9 Å². The zero-order valence-corrected chi connectivity index (χ0v) is 15.7. The van der Waals surface area contributed by atoms with Crippen molar-refractivity contribution in [3.63, 3.8) is 0 Å². The normalized spacial score (nSPS) is 15.9. The van der Waals surface area contributed by atoms with E-state index in [1.54, 1.807) is 7.11 Å². The van der Waals surface area contributed by atoms with E-state index in [2.05, 4.69) is 20.2 Å². The molecule has 0 saturated carbocycles. The molecule has 1 saturated heterocycles. The van der Waals surface area contributed by atoms with Gasteiger partial charge in [0.2, 0.25) is 4.96 Å². The Morgan fingerprint density at radius 2 is 1.73 bits per heavy atom. The van der Waals surface area contributed by atoms with Crippen LogP contribution >= 0.6 is 11.3 Å². The predicted octanol–water partition coefficient (Wildman–Crippen LogP) is 3.15. The average molecular weight is 373 g/mol. The first-order valence-corrected chi connectivity index (χ1v) is 9.83. The second-order valence-electron chi connectivity index (χ2n) is 6.46. The van der Waals surface area contributed by atoms with Crippen molar-refractivity contribution in [3.05, 3.63) is 35.1 Å². The number of likely N-dealkylation sites (tertiary alicyclic amines) is 1. The van der Waals surface area contributed by atoms with Gasteiger partial charge in [0.1, 0.15) is 18.1 Å². The molecule has 8 heteroatoms. The summed E-state index contributed by atoms with van der Waals surface area (Å²) < 4.78 is 12.8. The molecule has 1 aromatic carbocycles. The molecule has 0 amide bonds. The SMILES string of the molecule is COc1ccc(OCc2nn3c(CN4CCCCCC4)nnc3s2)cc1. The highest BCUT2D eigenvalue weighted by molar-refractivity contribution is 7.16. The minimum absolute atomic E-state index is 0.420. The number of benzene rings is 1. The molecule has 4 rings (SSSR count). The first-order chi connectivity index (χ1) is 12.8. The van der Waals surface area contributed by atoms with E-state index in [0.29, 0.717) is 6.61 Å². The number of nitrogens with zero attached hydrogens (tertiary/aromatic N) is 5. The monoisotopic (exact) mass is 373 g/mol. The van der Waals surface area contributed by atoms with Gasteiger partial charge >= 0.3 is 0 Å². The molecule has 0 aliphatic carbocycles. The van der Waals surface area contributed by atoms with Crippen molar-refractivity contribution in [2.45, 2.75) is 38.8 Å². The minimum atomic E-state index is 0.420. The van der Waals surface area contributed by atoms with E-state index in [-0.39, 0.29) is 0 Å². The van der Waals surface area contributed by atoms with Crippen molar-refractivity contribution >= 4 is 16.3 Å². The van der Waals surface area contributed by atoms with Crippen LogP contribution in [0.25, 0.3) is 4.96 Å². The van der Waals surface area contributed by atoms with Gasteiger partial charge in [0.05, 0.1) is 13.7 Å². The van der Waals surface area contributed by atoms with E-state index in [1.807, 2.05) is 28.8 Å². The van der Waals surface area contributed by atoms with Crippen molar-refractivity contribution in [1.82, 2.24) is 24.7 Å². The zero-order chi connectivity index (χ0) is 17.8. The van der Waals surface area contributed by atoms with Gasteiger partial charge in [-0.05, 0) is 50.2 Å². The van der Waals surface area contributed by atoms with Crippen molar-refractivity contribution in [3.8, 4) is 11.5 Å². The van der Waals surface area contributed by atoms with Crippen molar-refractivity contribution in [2.24, 2.45) is 0 Å². The van der Waals surface area contributed by atoms with Crippen LogP contribution in [0, 0.1) is 0 Å². The Kier molecular flexibility index (Phi) is 5.31. The summed E-state index contributed by atoms with van der Waals surface area (Å²) in [6, 6.07) is 7.55. The van der Waals surface area contributed by atoms with Gasteiger partial charge in [-0.1, -0.05) is 24.2 Å². The summed E-state index contributed by atoms with van der Waals surface area (Å²) in [7, 11) is 1.65. The summed E-state index contributed by atoms with van der Waals surface area (Å²) in [4.78, 5) is 3.28. The fourth-order valence-corrected chi connectivity index (χ4v) is 3.93. The van der Waals surface area contributed by atoms with Crippen LogP contribution in [0.4, 0.5) is 0 Å². The van der Waals surface area contributed by atoms with Gasteiger partial charge in [0.15, 0.2) is 10.8 Å². The van der Waals surface area contributed by atoms with Crippen LogP contribution in [0.5, 0.6) is 11.5 Å². The van der Waals surface area contributed by atoms with Crippen molar-refractivity contribution < 1.29 is 9.47 Å². The molecule has 0 unspecified atom stereocenters. The lowest BCUT2D eigenvalue weighted by atomic mass is 10.2. The summed E-state index contributed by atoms with van der Waals surface area (Å²) in [5.74, 6) is 2.52. The van der Waals surface area contributed by atoms with E-state index in [4.69, 9.17) is 9.47 Å². The first kappa shape index (κ1) is 17.2. The van der Waals surface area contributed by atoms with Gasteiger partial charge in [0.25, 0.3) is 0 Å². The quantitative estimate of drug-likeness (QED) is 0.661. The third-order valence-electron chi connectivity index (χ3n) is 4.58. The molecule has 1 aliphatic heterocycles. The second-order valence-corrected chi connectivity index (χ2v) is 7.50. The smallest absolute Gasteiger partial charge is 0.234 e. The third-order valence-corrected chi connectivity index (χ3v) is 5.46. The summed E-state index contributed by atoms with van der Waals surface area (Å²) in [6.45, 7) is 3.49. The largest absolute Gasteiger partial charge is 0.497 e. The number of aromatic nitrogens is 4. The molecule has 1 fully saturated rings. The molecule has 26 heavy (non-hydrogen) atoms. The molecular formula is C18H23N5O2S. The van der Waals surface area contributed by atoms with Crippen LogP contribution in [0.1, 0.15) is 36.5 Å². The molecule has 0 atom stereocenters. The molecular weight excluding hydrogens is 350 g/mol. The number of ether oxygens (including phenoxy) is 2. The predicted molar refractivity (Wildman–Crippen MR) is 99.7 cm³/mol. The van der Waals surface area contributed by atoms with Crippen molar-refractivity contribution in [1.29, 1.82) is 0 Å². The Hall–Kier alpha value is -2.19. The standard InChI is InChI=1S/C18H23N5O2S/c1-24-14-6-8-15(9-7-14)25-13-17-21-23-16(19-20-18(23)26-17)12-22-10-4-2-3-5-11-22/h6-9H,2-5,10-13H2,1H3. The molecule has 0 N–H and O–H groups in total. The van der Waals surface area contributed by atoms with Gasteiger partial charge in [-0.2, -0.15) is 9.61 Å². The van der Waals surface area contributed by atoms with Gasteiger partial charge in [0, 0.05) is 0 Å². The van der Waals surface area contributed by atoms with Crippen LogP contribution in [-0.4, -0.2) is 44.9 Å². The first-order valence-electron chi connectivity index (χ1n) is 9.01. The summed E-state index contributed by atoms with van der Waals surface area (Å²) >= 11 is 1.52. The molecule has 0 radical (unpaired) electrons. The summed E-state index contributed by atoms with van der Waals surface area (Å²) in [5, 5.41) is 14.1. The number of hydrogen-bond acceptors (Lipinski definition) is 7. The molecule has 0 spiro atoms. The van der Waals surface area contributed by atoms with E-state index >= 15 is 0 Å². The Morgan fingerprint density at radius 3 is 2.46 bits per heavy atom. The minimum Gasteiger partial charge on any atom is -0.497 e. The number of methoxy groups -OCH3 is 1. The van der Waals surface area contributed by atoms with Gasteiger partial charge in [-0.15, -0.1) is 10.2 Å². The van der Waals surface area contributed by atoms with E-state index in [1.165, 1.54) is 37.0 Å². The third kappa shape index (κ3) is 3.96. The lowest BCUT2D eigenvalue weighted by Crippen LogP contribution is -2.25. The van der Waals surface area contributed by atoms with Gasteiger partial charge in [-0.25, -0.2) is 0 Å². The Morgan fingerprint density at radius 1 is 1.00 bits per heavy atom. The molecule has 3 heterocycles. The van der Waals surface area contributed by atoms with Gasteiger partial charge in [-0.3, -0.25) is 4.90 Å². The maximum Gasteiger partial charge on any atom is 0.234 e. The Bertz CT molecular complexity index is 837. The number of hydrogen-bond donors (Lipinski definition) is 0. The highest BCUT2D eigenvalue weighted by Gasteiger charge is 2.16. The van der Waals surface area contributed by atoms with E-state index in [9.17, 15) is 0 Å². The van der Waals surface area contributed by atoms with Crippen LogP contribution in [-0.2, 0) is 13.2 Å². The zero-order valence-electron chi connectivity index (χ0n) is 14.9. The molecule has 1 aliphatic rings. The summed E-state index contributed by atoms with van der Waals surface area (Å²) in [6.07, 6.45) is 5.19. The van der Waals surface area contributed by atoms with Crippen LogP contribution in [0.2, 0.25) is 0 Å². The molecule has 3 aromatic rings. The Balaban J connectivity index is 1.41. The maximum atomic E-state index is 5.82. The molecule has 138 valence electrons. The second kappa shape index (κ2) is 8.01. The molecule has 2 aromatic heterocycles. The highest BCUT2D eigenvalue weighted by atomic mass is 32.1. The van der Waals surface area contributed by atoms with Crippen LogP contribution < -0.4 is 9.47 Å². The summed E-state index contributed by atoms with van der Waals surface area (Å²) in [5.41, 5.74) is 0. The fraction of sp³-hybridized carbons (Fsp3) is 0.500. The topological polar surface area (TPSA) is 64.8 Å². The lowest BCUT2D eigenvalue weighted by Gasteiger charge is -2.17. The number of fused-ring (bicyclic) bond motifs is 1. The lowest BCUT2D eigenvalue weighted by molar-refractivity contribution is 0.267. The average Bonchev–Trinajstić information content (AvgIpc) is 3.13. The van der Waals surface area contributed by atoms with Crippen molar-refractivity contribution in [2.75, 3.05) is 20.2 Å². The van der Waals surface area contributed by atoms with Crippen LogP contribution in [0.3, 0.4) is 0 Å². The van der Waals surface area contributed by atoms with E-state index < -0.39 is 0 Å². The molecule has 0 bridgehead atoms.